The lowest BCUT2D eigenvalue weighted by Gasteiger charge is -2.38. The first kappa shape index (κ1) is 56.2. The summed E-state index contributed by atoms with van der Waals surface area (Å²) in [6.45, 7) is 3.70. The molecule has 1 heterocycles. The van der Waals surface area contributed by atoms with Crippen LogP contribution in [-0.2, 0) is 33.3 Å². The highest BCUT2D eigenvalue weighted by atomic mass is 16.7. The summed E-state index contributed by atoms with van der Waals surface area (Å²) < 4.78 is 21.8. The second kappa shape index (κ2) is 40.0. The molecule has 6 unspecified atom stereocenters. The van der Waals surface area contributed by atoms with Crippen molar-refractivity contribution in [2.75, 3.05) is 13.2 Å². The molecule has 1 saturated heterocycles. The van der Waals surface area contributed by atoms with Crippen LogP contribution in [0.2, 0.25) is 0 Å². The molecule has 0 amide bonds. The maximum absolute atomic E-state index is 12.8. The van der Waals surface area contributed by atoms with Gasteiger partial charge in [-0.2, -0.15) is 0 Å². The predicted molar refractivity (Wildman–Crippen MR) is 243 cm³/mol. The van der Waals surface area contributed by atoms with Gasteiger partial charge in [0.05, 0.1) is 6.61 Å². The minimum absolute atomic E-state index is 0.183. The Balaban J connectivity index is 2.32. The topological polar surface area (TPSA) is 169 Å². The first-order valence-electron chi connectivity index (χ1n) is 24.2. The van der Waals surface area contributed by atoms with Gasteiger partial charge in [0.2, 0.25) is 0 Å². The Morgan fingerprint density at radius 2 is 0.967 bits per heavy atom. The van der Waals surface area contributed by atoms with Crippen molar-refractivity contribution >= 4 is 17.9 Å². The van der Waals surface area contributed by atoms with Crippen LogP contribution in [0.4, 0.5) is 0 Å². The summed E-state index contributed by atoms with van der Waals surface area (Å²) in [7, 11) is 0. The molecule has 11 nitrogen and oxygen atoms in total. The first-order valence-corrected chi connectivity index (χ1v) is 24.2. The van der Waals surface area contributed by atoms with Crippen LogP contribution in [0.15, 0.2) is 48.6 Å². The molecule has 0 spiro atoms. The largest absolute Gasteiger partial charge is 0.479 e. The Morgan fingerprint density at radius 3 is 1.46 bits per heavy atom. The van der Waals surface area contributed by atoms with Crippen molar-refractivity contribution in [3.8, 4) is 0 Å². The van der Waals surface area contributed by atoms with E-state index in [9.17, 15) is 34.8 Å². The number of carboxylic acids is 1. The number of aliphatic hydroxyl groups excluding tert-OH is 3. The first-order chi connectivity index (χ1) is 29.7. The molecule has 0 aromatic rings. The van der Waals surface area contributed by atoms with E-state index in [1.165, 1.54) is 89.9 Å². The normalized spacial score (nSPS) is 20.0. The number of esters is 2. The van der Waals surface area contributed by atoms with Gasteiger partial charge in [-0.1, -0.05) is 184 Å². The Hall–Kier alpha value is -2.83. The monoisotopic (exact) mass is 863 g/mol. The van der Waals surface area contributed by atoms with Crippen molar-refractivity contribution in [1.29, 1.82) is 0 Å². The molecule has 1 rings (SSSR count). The average molecular weight is 863 g/mol. The van der Waals surface area contributed by atoms with Crippen molar-refractivity contribution in [3.05, 3.63) is 48.6 Å². The highest BCUT2D eigenvalue weighted by Gasteiger charge is 2.47. The number of aliphatic hydroxyl groups is 3. The van der Waals surface area contributed by atoms with Gasteiger partial charge in [-0.3, -0.25) is 9.59 Å². The fourth-order valence-corrected chi connectivity index (χ4v) is 7.16. The van der Waals surface area contributed by atoms with Gasteiger partial charge in [-0.05, 0) is 51.4 Å². The lowest BCUT2D eigenvalue weighted by molar-refractivity contribution is -0.298. The van der Waals surface area contributed by atoms with Crippen molar-refractivity contribution in [3.63, 3.8) is 0 Å². The second-order valence-electron chi connectivity index (χ2n) is 16.6. The SMILES string of the molecule is CC/C=C\C/C=C\C/C=C\C/C=C\CCCCCCCCCCC(=O)OCC(COC1OC(C(=O)O)C(O)C(O)C1O)OC(=O)CCCCCCCCCCCCCCCC. The molecule has 352 valence electrons. The molecule has 4 N–H and O–H groups in total. The molecule has 11 heteroatoms. The van der Waals surface area contributed by atoms with E-state index in [4.69, 9.17) is 18.9 Å². The number of hydrogen-bond donors (Lipinski definition) is 4. The minimum atomic E-state index is -1.86. The van der Waals surface area contributed by atoms with Crippen LogP contribution in [-0.4, -0.2) is 88.4 Å². The molecule has 6 atom stereocenters. The predicted octanol–water partition coefficient (Wildman–Crippen LogP) is 10.9. The third-order valence-electron chi connectivity index (χ3n) is 10.9. The molecule has 0 bridgehead atoms. The summed E-state index contributed by atoms with van der Waals surface area (Å²) >= 11 is 0. The van der Waals surface area contributed by atoms with Gasteiger partial charge in [0.25, 0.3) is 0 Å². The fourth-order valence-electron chi connectivity index (χ4n) is 7.16. The summed E-state index contributed by atoms with van der Waals surface area (Å²) in [6, 6.07) is 0. The van der Waals surface area contributed by atoms with Gasteiger partial charge in [0, 0.05) is 12.8 Å². The molecule has 1 aliphatic rings. The number of aliphatic carboxylic acids is 1. The third-order valence-corrected chi connectivity index (χ3v) is 10.9. The number of carboxylic acid groups (broad SMARTS) is 1. The van der Waals surface area contributed by atoms with Crippen molar-refractivity contribution in [2.24, 2.45) is 0 Å². The summed E-state index contributed by atoms with van der Waals surface area (Å²) in [5.74, 6) is -2.45. The van der Waals surface area contributed by atoms with Gasteiger partial charge in [-0.25, -0.2) is 4.79 Å². The number of carbonyl (C=O) groups excluding carboxylic acids is 2. The van der Waals surface area contributed by atoms with Crippen LogP contribution in [0, 0.1) is 0 Å². The van der Waals surface area contributed by atoms with E-state index >= 15 is 0 Å². The molecular formula is C50H86O11. The highest BCUT2D eigenvalue weighted by Crippen LogP contribution is 2.23. The molecule has 1 aliphatic heterocycles. The van der Waals surface area contributed by atoms with E-state index in [1.54, 1.807) is 0 Å². The zero-order valence-corrected chi connectivity index (χ0v) is 38.1. The third kappa shape index (κ3) is 31.6. The molecule has 0 radical (unpaired) electrons. The van der Waals surface area contributed by atoms with E-state index in [-0.39, 0.29) is 19.4 Å². The summed E-state index contributed by atoms with van der Waals surface area (Å²) in [5, 5.41) is 39.9. The van der Waals surface area contributed by atoms with Crippen molar-refractivity contribution in [1.82, 2.24) is 0 Å². The Kier molecular flexibility index (Phi) is 36.8. The number of unbranched alkanes of at least 4 members (excludes halogenated alkanes) is 21. The van der Waals surface area contributed by atoms with Crippen molar-refractivity contribution in [2.45, 2.75) is 237 Å². The van der Waals surface area contributed by atoms with Gasteiger partial charge in [0.15, 0.2) is 18.5 Å². The Bertz CT molecular complexity index is 1200. The van der Waals surface area contributed by atoms with Gasteiger partial charge >= 0.3 is 17.9 Å². The maximum Gasteiger partial charge on any atom is 0.335 e. The quantitative estimate of drug-likeness (QED) is 0.0263. The molecule has 0 aromatic heterocycles. The van der Waals surface area contributed by atoms with Gasteiger partial charge in [0.1, 0.15) is 24.9 Å². The van der Waals surface area contributed by atoms with Crippen LogP contribution in [0.5, 0.6) is 0 Å². The van der Waals surface area contributed by atoms with Crippen LogP contribution >= 0.6 is 0 Å². The summed E-state index contributed by atoms with van der Waals surface area (Å²) in [4.78, 5) is 36.9. The van der Waals surface area contributed by atoms with Gasteiger partial charge in [-0.15, -0.1) is 0 Å². The van der Waals surface area contributed by atoms with Gasteiger partial charge < -0.3 is 39.4 Å². The van der Waals surface area contributed by atoms with E-state index in [0.29, 0.717) is 12.8 Å². The Morgan fingerprint density at radius 1 is 0.525 bits per heavy atom. The molecule has 0 aliphatic carbocycles. The number of allylic oxidation sites excluding steroid dienone is 8. The smallest absolute Gasteiger partial charge is 0.335 e. The van der Waals surface area contributed by atoms with Crippen LogP contribution in [0.3, 0.4) is 0 Å². The molecule has 0 saturated carbocycles. The maximum atomic E-state index is 12.8. The molecule has 1 fully saturated rings. The second-order valence-corrected chi connectivity index (χ2v) is 16.6. The average Bonchev–Trinajstić information content (AvgIpc) is 3.24. The molecule has 61 heavy (non-hydrogen) atoms. The number of rotatable bonds is 40. The number of carbonyl (C=O) groups is 3. The van der Waals surface area contributed by atoms with Crippen molar-refractivity contribution < 1.29 is 53.8 Å². The number of hydrogen-bond acceptors (Lipinski definition) is 10. The zero-order valence-electron chi connectivity index (χ0n) is 38.1. The lowest BCUT2D eigenvalue weighted by Crippen LogP contribution is -2.60. The number of ether oxygens (including phenoxy) is 4. The Labute approximate surface area is 369 Å². The standard InChI is InChI=1S/C50H86O11/c1-3-5-7-9-11-13-15-17-19-20-21-22-23-24-25-27-28-30-32-34-36-38-43(51)58-40-42(41-59-50-47(55)45(53)46(54)48(61-50)49(56)57)60-44(52)39-37-35-33-31-29-26-18-16-14-12-10-8-6-4-2/h5,7,11,13,17,19,21-22,42,45-48,50,53-55H,3-4,6,8-10,12,14-16,18,20,23-41H2,1-2H3,(H,56,57)/b7-5-,13-11-,19-17-,22-21-. The highest BCUT2D eigenvalue weighted by molar-refractivity contribution is 5.73. The lowest BCUT2D eigenvalue weighted by atomic mass is 9.99. The zero-order chi connectivity index (χ0) is 44.6. The van der Waals surface area contributed by atoms with Crippen LogP contribution in [0.1, 0.15) is 200 Å². The van der Waals surface area contributed by atoms with E-state index < -0.39 is 61.3 Å². The van der Waals surface area contributed by atoms with Crippen LogP contribution < -0.4 is 0 Å². The van der Waals surface area contributed by atoms with E-state index in [1.807, 2.05) is 0 Å². The molecular weight excluding hydrogens is 777 g/mol. The van der Waals surface area contributed by atoms with Crippen LogP contribution in [0.25, 0.3) is 0 Å². The summed E-state index contributed by atoms with van der Waals surface area (Å²) in [6.07, 6.45) is 38.7. The minimum Gasteiger partial charge on any atom is -0.479 e. The molecule has 0 aromatic carbocycles. The van der Waals surface area contributed by atoms with E-state index in [2.05, 4.69) is 62.5 Å². The van der Waals surface area contributed by atoms with E-state index in [0.717, 1.165) is 70.6 Å². The summed E-state index contributed by atoms with van der Waals surface area (Å²) in [5.41, 5.74) is 0. The fraction of sp³-hybridized carbons (Fsp3) is 0.780.